The van der Waals surface area contributed by atoms with Gasteiger partial charge in [-0.15, -0.1) is 0 Å². The molecule has 30 heavy (non-hydrogen) atoms. The average molecular weight is 415 g/mol. The van der Waals surface area contributed by atoms with Crippen LogP contribution in [-0.4, -0.2) is 24.4 Å². The number of hydrogen-bond acceptors (Lipinski definition) is 3. The maximum Gasteiger partial charge on any atom is 0.123 e. The first kappa shape index (κ1) is 22.0. The van der Waals surface area contributed by atoms with Crippen LogP contribution in [0.3, 0.4) is 0 Å². The van der Waals surface area contributed by atoms with E-state index in [9.17, 15) is 18.3 Å². The summed E-state index contributed by atoms with van der Waals surface area (Å²) in [6, 6.07) is 17.8. The lowest BCUT2D eigenvalue weighted by Gasteiger charge is -2.22. The molecule has 0 bridgehead atoms. The number of hydrogen-bond donors (Lipinski definition) is 2. The predicted molar refractivity (Wildman–Crippen MR) is 109 cm³/mol. The molecule has 0 radical (unpaired) electrons. The molecule has 0 aliphatic heterocycles. The molecule has 0 saturated carbocycles. The smallest absolute Gasteiger partial charge is 0.123 e. The minimum atomic E-state index is -0.809. The van der Waals surface area contributed by atoms with Crippen LogP contribution in [0.15, 0.2) is 72.8 Å². The highest BCUT2D eigenvalue weighted by Gasteiger charge is 2.18. The fourth-order valence-electron chi connectivity index (χ4n) is 3.11. The lowest BCUT2D eigenvalue weighted by molar-refractivity contribution is 0.00574. The highest BCUT2D eigenvalue weighted by molar-refractivity contribution is 5.30. The number of ether oxygens (including phenoxy) is 1. The zero-order valence-electron chi connectivity index (χ0n) is 16.6. The summed E-state index contributed by atoms with van der Waals surface area (Å²) in [7, 11) is 0. The van der Waals surface area contributed by atoms with E-state index in [0.717, 1.165) is 5.56 Å². The molecule has 0 spiro atoms. The van der Waals surface area contributed by atoms with Gasteiger partial charge >= 0.3 is 0 Å². The molecule has 0 aliphatic carbocycles. The summed E-state index contributed by atoms with van der Waals surface area (Å²) in [6.07, 6.45) is -1.38. The fourth-order valence-corrected chi connectivity index (χ4v) is 3.11. The fraction of sp³-hybridized carbons (Fsp3) is 0.250. The summed E-state index contributed by atoms with van der Waals surface area (Å²) in [4.78, 5) is 0. The van der Waals surface area contributed by atoms with Gasteiger partial charge in [-0.3, -0.25) is 0 Å². The van der Waals surface area contributed by atoms with Gasteiger partial charge in [0.25, 0.3) is 0 Å². The third-order valence-corrected chi connectivity index (χ3v) is 4.83. The number of aliphatic hydroxyl groups is 1. The molecule has 2 atom stereocenters. The quantitative estimate of drug-likeness (QED) is 0.521. The van der Waals surface area contributed by atoms with Crippen molar-refractivity contribution in [3.8, 4) is 0 Å². The second kappa shape index (κ2) is 10.4. The average Bonchev–Trinajstić information content (AvgIpc) is 2.75. The van der Waals surface area contributed by atoms with Crippen molar-refractivity contribution in [3.05, 3.63) is 107 Å². The molecule has 3 aromatic rings. The molecule has 0 unspecified atom stereocenters. The number of aliphatic hydroxyl groups excluding tert-OH is 1. The van der Waals surface area contributed by atoms with E-state index >= 15 is 0 Å². The van der Waals surface area contributed by atoms with Crippen molar-refractivity contribution in [2.75, 3.05) is 13.2 Å². The van der Waals surface area contributed by atoms with Gasteiger partial charge in [-0.05, 0) is 60.0 Å². The number of benzene rings is 3. The van der Waals surface area contributed by atoms with Gasteiger partial charge in [0.05, 0.1) is 12.7 Å². The third-order valence-electron chi connectivity index (χ3n) is 4.83. The van der Waals surface area contributed by atoms with Crippen molar-refractivity contribution in [2.45, 2.75) is 25.2 Å². The summed E-state index contributed by atoms with van der Waals surface area (Å²) in [6.45, 7) is 2.20. The highest BCUT2D eigenvalue weighted by atomic mass is 19.1. The Labute approximate surface area is 174 Å². The number of rotatable bonds is 9. The third kappa shape index (κ3) is 6.16. The molecule has 0 fully saturated rings. The van der Waals surface area contributed by atoms with Crippen molar-refractivity contribution in [3.63, 3.8) is 0 Å². The summed E-state index contributed by atoms with van der Waals surface area (Å²) in [5.74, 6) is -1.03. The first-order chi connectivity index (χ1) is 14.4. The number of halogens is 3. The molecule has 0 saturated heterocycles. The second-order valence-corrected chi connectivity index (χ2v) is 7.15. The van der Waals surface area contributed by atoms with E-state index in [1.807, 2.05) is 6.92 Å². The van der Waals surface area contributed by atoms with Crippen LogP contribution >= 0.6 is 0 Å². The first-order valence-corrected chi connectivity index (χ1v) is 9.72. The molecule has 0 aliphatic rings. The van der Waals surface area contributed by atoms with E-state index in [2.05, 4.69) is 5.32 Å². The Morgan fingerprint density at radius 1 is 0.733 bits per heavy atom. The number of nitrogens with one attached hydrogen (secondary N) is 1. The summed E-state index contributed by atoms with van der Waals surface area (Å²) in [5.41, 5.74) is 2.30. The predicted octanol–water partition coefficient (Wildman–Crippen LogP) is 4.92. The molecule has 0 heterocycles. The molecule has 3 rings (SSSR count). The van der Waals surface area contributed by atoms with E-state index in [1.54, 1.807) is 36.4 Å². The lowest BCUT2D eigenvalue weighted by Crippen LogP contribution is -2.32. The van der Waals surface area contributed by atoms with Crippen LogP contribution in [0.2, 0.25) is 0 Å². The monoisotopic (exact) mass is 415 g/mol. The molecule has 6 heteroatoms. The Morgan fingerprint density at radius 3 is 1.57 bits per heavy atom. The van der Waals surface area contributed by atoms with Crippen molar-refractivity contribution < 1.29 is 23.0 Å². The van der Waals surface area contributed by atoms with E-state index in [-0.39, 0.29) is 36.6 Å². The first-order valence-electron chi connectivity index (χ1n) is 9.72. The molecule has 3 nitrogen and oxygen atoms in total. The summed E-state index contributed by atoms with van der Waals surface area (Å²) >= 11 is 0. The molecular formula is C24H24F3NO2. The maximum atomic E-state index is 13.3. The molecule has 158 valence electrons. The zero-order valence-corrected chi connectivity index (χ0v) is 16.6. The van der Waals surface area contributed by atoms with Crippen molar-refractivity contribution in [1.29, 1.82) is 0 Å². The van der Waals surface area contributed by atoms with E-state index in [1.165, 1.54) is 36.4 Å². The summed E-state index contributed by atoms with van der Waals surface area (Å²) < 4.78 is 45.6. The topological polar surface area (TPSA) is 41.5 Å². The van der Waals surface area contributed by atoms with Gasteiger partial charge in [0.15, 0.2) is 0 Å². The van der Waals surface area contributed by atoms with Crippen LogP contribution < -0.4 is 5.32 Å². The molecule has 2 N–H and O–H groups in total. The Morgan fingerprint density at radius 2 is 1.13 bits per heavy atom. The van der Waals surface area contributed by atoms with Crippen LogP contribution in [-0.2, 0) is 4.74 Å². The Balaban J connectivity index is 1.61. The Hall–Kier alpha value is -2.67. The van der Waals surface area contributed by atoms with Crippen LogP contribution in [0, 0.1) is 17.5 Å². The molecular weight excluding hydrogens is 391 g/mol. The van der Waals surface area contributed by atoms with E-state index < -0.39 is 12.2 Å². The van der Waals surface area contributed by atoms with Gasteiger partial charge in [0.1, 0.15) is 23.6 Å². The van der Waals surface area contributed by atoms with Crippen molar-refractivity contribution in [1.82, 2.24) is 5.32 Å². The molecule has 0 amide bonds. The van der Waals surface area contributed by atoms with Gasteiger partial charge in [-0.25, -0.2) is 13.2 Å². The highest BCUT2D eigenvalue weighted by Crippen LogP contribution is 2.27. The van der Waals surface area contributed by atoms with Crippen molar-refractivity contribution in [2.24, 2.45) is 0 Å². The van der Waals surface area contributed by atoms with Gasteiger partial charge in [0, 0.05) is 12.6 Å². The van der Waals surface area contributed by atoms with Crippen LogP contribution in [0.25, 0.3) is 0 Å². The van der Waals surface area contributed by atoms with Crippen molar-refractivity contribution >= 4 is 0 Å². The minimum Gasteiger partial charge on any atom is -0.389 e. The Kier molecular flexibility index (Phi) is 7.63. The second-order valence-electron chi connectivity index (χ2n) is 7.15. The van der Waals surface area contributed by atoms with E-state index in [4.69, 9.17) is 4.74 Å². The van der Waals surface area contributed by atoms with Gasteiger partial charge in [-0.1, -0.05) is 36.4 Å². The maximum absolute atomic E-state index is 13.3. The summed E-state index contributed by atoms with van der Waals surface area (Å²) in [5, 5.41) is 13.5. The Bertz CT molecular complexity index is 869. The van der Waals surface area contributed by atoms with Crippen LogP contribution in [0.1, 0.15) is 35.8 Å². The zero-order chi connectivity index (χ0) is 21.5. The molecule has 0 aromatic heterocycles. The van der Waals surface area contributed by atoms with Gasteiger partial charge < -0.3 is 15.2 Å². The normalized spacial score (nSPS) is 13.4. The van der Waals surface area contributed by atoms with E-state index in [0.29, 0.717) is 11.1 Å². The van der Waals surface area contributed by atoms with Gasteiger partial charge in [-0.2, -0.15) is 0 Å². The standard InChI is InChI=1S/C24H24F3NO2/c1-16(17-2-8-20(25)9-3-17)28-14-23(29)15-30-24(18-4-10-21(26)11-5-18)19-6-12-22(27)13-7-19/h2-13,16,23-24,28-29H,14-15H2,1H3/t16-,23-/m0/s1. The minimum absolute atomic E-state index is 0.0164. The SMILES string of the molecule is C[C@H](NC[C@H](O)COC(c1ccc(F)cc1)c1ccc(F)cc1)c1ccc(F)cc1. The lowest BCUT2D eigenvalue weighted by atomic mass is 10.0. The van der Waals surface area contributed by atoms with Gasteiger partial charge in [0.2, 0.25) is 0 Å². The molecule has 3 aromatic carbocycles. The van der Waals surface area contributed by atoms with Crippen LogP contribution in [0.5, 0.6) is 0 Å². The largest absolute Gasteiger partial charge is 0.389 e. The van der Waals surface area contributed by atoms with Crippen LogP contribution in [0.4, 0.5) is 13.2 Å².